The molecule has 108 valence electrons. The van der Waals surface area contributed by atoms with Gasteiger partial charge in [0.05, 0.1) is 7.11 Å². The molecule has 3 rings (SSSR count). The summed E-state index contributed by atoms with van der Waals surface area (Å²) in [5.41, 5.74) is 0.883. The van der Waals surface area contributed by atoms with Gasteiger partial charge in [0.2, 0.25) is 0 Å². The van der Waals surface area contributed by atoms with E-state index in [1.54, 1.807) is 12.1 Å². The van der Waals surface area contributed by atoms with E-state index in [-0.39, 0.29) is 0 Å². The SMILES string of the molecule is COC(=O)[C@H]1OC2(CCCC2)OC1c1ccc(Cl)cc1. The highest BCUT2D eigenvalue weighted by Gasteiger charge is 2.52. The Kier molecular flexibility index (Phi) is 3.71. The first-order chi connectivity index (χ1) is 9.63. The zero-order valence-corrected chi connectivity index (χ0v) is 12.1. The summed E-state index contributed by atoms with van der Waals surface area (Å²) in [6.07, 6.45) is 2.62. The van der Waals surface area contributed by atoms with Crippen molar-refractivity contribution < 1.29 is 19.0 Å². The lowest BCUT2D eigenvalue weighted by atomic mass is 10.0. The minimum atomic E-state index is -0.709. The minimum absolute atomic E-state index is 0.395. The molecular formula is C15H17ClO4. The summed E-state index contributed by atoms with van der Waals surface area (Å²) < 4.78 is 16.9. The van der Waals surface area contributed by atoms with Crippen molar-refractivity contribution in [3.05, 3.63) is 34.9 Å². The number of carbonyl (C=O) groups is 1. The normalized spacial score (nSPS) is 27.9. The molecule has 1 saturated carbocycles. The van der Waals surface area contributed by atoms with Crippen molar-refractivity contribution in [2.75, 3.05) is 7.11 Å². The quantitative estimate of drug-likeness (QED) is 0.786. The molecule has 1 aliphatic heterocycles. The molecule has 0 aromatic heterocycles. The Morgan fingerprint density at radius 2 is 1.90 bits per heavy atom. The maximum atomic E-state index is 12.0. The summed E-state index contributed by atoms with van der Waals surface area (Å²) in [4.78, 5) is 12.0. The van der Waals surface area contributed by atoms with Crippen LogP contribution in [-0.4, -0.2) is 25.0 Å². The average Bonchev–Trinajstić information content (AvgIpc) is 3.07. The van der Waals surface area contributed by atoms with Gasteiger partial charge in [0.25, 0.3) is 0 Å². The molecule has 1 aliphatic carbocycles. The van der Waals surface area contributed by atoms with Crippen LogP contribution in [0, 0.1) is 0 Å². The summed E-state index contributed by atoms with van der Waals surface area (Å²) in [7, 11) is 1.37. The first-order valence-electron chi connectivity index (χ1n) is 6.82. The van der Waals surface area contributed by atoms with Gasteiger partial charge in [-0.3, -0.25) is 0 Å². The highest BCUT2D eigenvalue weighted by Crippen LogP contribution is 2.47. The lowest BCUT2D eigenvalue weighted by molar-refractivity contribution is -0.180. The van der Waals surface area contributed by atoms with Crippen LogP contribution in [0.2, 0.25) is 5.02 Å². The van der Waals surface area contributed by atoms with E-state index in [2.05, 4.69) is 0 Å². The van der Waals surface area contributed by atoms with E-state index < -0.39 is 24.0 Å². The molecule has 2 fully saturated rings. The van der Waals surface area contributed by atoms with E-state index in [0.29, 0.717) is 5.02 Å². The highest BCUT2D eigenvalue weighted by molar-refractivity contribution is 6.30. The Morgan fingerprint density at radius 1 is 1.25 bits per heavy atom. The molecular weight excluding hydrogens is 280 g/mol. The highest BCUT2D eigenvalue weighted by atomic mass is 35.5. The molecule has 4 nitrogen and oxygen atoms in total. The number of methoxy groups -OCH3 is 1. The second-order valence-electron chi connectivity index (χ2n) is 5.27. The number of ether oxygens (including phenoxy) is 3. The summed E-state index contributed by atoms with van der Waals surface area (Å²) >= 11 is 5.90. The van der Waals surface area contributed by atoms with Crippen LogP contribution in [0.1, 0.15) is 37.4 Å². The van der Waals surface area contributed by atoms with Crippen molar-refractivity contribution in [2.24, 2.45) is 0 Å². The van der Waals surface area contributed by atoms with Crippen molar-refractivity contribution in [3.63, 3.8) is 0 Å². The van der Waals surface area contributed by atoms with E-state index >= 15 is 0 Å². The zero-order valence-electron chi connectivity index (χ0n) is 11.3. The summed E-state index contributed by atoms with van der Waals surface area (Å²) in [5, 5.41) is 0.651. The standard InChI is InChI=1S/C15H17ClO4/c1-18-14(17)13-12(10-4-6-11(16)7-5-10)19-15(20-13)8-2-3-9-15/h4-7,12-13H,2-3,8-9H2,1H3/t12?,13-/m0/s1. The minimum Gasteiger partial charge on any atom is -0.467 e. The van der Waals surface area contributed by atoms with Crippen LogP contribution < -0.4 is 0 Å². The van der Waals surface area contributed by atoms with Crippen molar-refractivity contribution in [1.82, 2.24) is 0 Å². The molecule has 1 aromatic carbocycles. The van der Waals surface area contributed by atoms with Crippen molar-refractivity contribution in [3.8, 4) is 0 Å². The fraction of sp³-hybridized carbons (Fsp3) is 0.533. The van der Waals surface area contributed by atoms with Crippen LogP contribution in [0.3, 0.4) is 0 Å². The number of benzene rings is 1. The second-order valence-corrected chi connectivity index (χ2v) is 5.71. The van der Waals surface area contributed by atoms with E-state index in [1.807, 2.05) is 12.1 Å². The molecule has 0 bridgehead atoms. The number of hydrogen-bond acceptors (Lipinski definition) is 4. The van der Waals surface area contributed by atoms with Crippen LogP contribution in [0.15, 0.2) is 24.3 Å². The molecule has 1 unspecified atom stereocenters. The molecule has 0 amide bonds. The molecule has 0 radical (unpaired) electrons. The van der Waals surface area contributed by atoms with Gasteiger partial charge in [0.1, 0.15) is 6.10 Å². The Labute approximate surface area is 123 Å². The van der Waals surface area contributed by atoms with Crippen LogP contribution in [0.4, 0.5) is 0 Å². The third-order valence-corrected chi connectivity index (χ3v) is 4.21. The Balaban J connectivity index is 1.89. The largest absolute Gasteiger partial charge is 0.467 e. The van der Waals surface area contributed by atoms with Crippen LogP contribution in [-0.2, 0) is 19.0 Å². The number of hydrogen-bond donors (Lipinski definition) is 0. The first kappa shape index (κ1) is 13.9. The van der Waals surface area contributed by atoms with Crippen LogP contribution in [0.5, 0.6) is 0 Å². The van der Waals surface area contributed by atoms with Gasteiger partial charge in [-0.15, -0.1) is 0 Å². The van der Waals surface area contributed by atoms with Gasteiger partial charge in [-0.25, -0.2) is 4.79 Å². The average molecular weight is 297 g/mol. The van der Waals surface area contributed by atoms with Gasteiger partial charge < -0.3 is 14.2 Å². The molecule has 2 aliphatic rings. The molecule has 2 atom stereocenters. The maximum Gasteiger partial charge on any atom is 0.338 e. The zero-order chi connectivity index (χ0) is 14.2. The molecule has 5 heteroatoms. The number of rotatable bonds is 2. The number of esters is 1. The lowest BCUT2D eigenvalue weighted by Gasteiger charge is -2.21. The Hall–Kier alpha value is -1.10. The molecule has 0 N–H and O–H groups in total. The fourth-order valence-corrected chi connectivity index (χ4v) is 3.07. The fourth-order valence-electron chi connectivity index (χ4n) is 2.95. The van der Waals surface area contributed by atoms with Gasteiger partial charge in [0.15, 0.2) is 11.9 Å². The molecule has 1 heterocycles. The molecule has 1 aromatic rings. The Morgan fingerprint density at radius 3 is 2.50 bits per heavy atom. The molecule has 20 heavy (non-hydrogen) atoms. The summed E-state index contributed by atoms with van der Waals surface area (Å²) in [6, 6.07) is 7.29. The lowest BCUT2D eigenvalue weighted by Crippen LogP contribution is -2.30. The number of carbonyl (C=O) groups excluding carboxylic acids is 1. The van der Waals surface area contributed by atoms with Gasteiger partial charge in [-0.1, -0.05) is 23.7 Å². The van der Waals surface area contributed by atoms with Crippen molar-refractivity contribution in [2.45, 2.75) is 43.7 Å². The third-order valence-electron chi connectivity index (χ3n) is 3.96. The topological polar surface area (TPSA) is 44.8 Å². The van der Waals surface area contributed by atoms with Gasteiger partial charge in [-0.05, 0) is 30.5 Å². The van der Waals surface area contributed by atoms with Gasteiger partial charge in [0, 0.05) is 17.9 Å². The predicted octanol–water partition coefficient (Wildman–Crippen LogP) is 3.24. The van der Waals surface area contributed by atoms with Crippen LogP contribution >= 0.6 is 11.6 Å². The maximum absolute atomic E-state index is 12.0. The Bertz CT molecular complexity index is 493. The molecule has 1 saturated heterocycles. The predicted molar refractivity (Wildman–Crippen MR) is 73.4 cm³/mol. The summed E-state index contributed by atoms with van der Waals surface area (Å²) in [5.74, 6) is -1.02. The van der Waals surface area contributed by atoms with E-state index in [9.17, 15) is 4.79 Å². The third kappa shape index (κ3) is 2.43. The summed E-state index contributed by atoms with van der Waals surface area (Å²) in [6.45, 7) is 0. The second kappa shape index (κ2) is 5.35. The van der Waals surface area contributed by atoms with Crippen molar-refractivity contribution in [1.29, 1.82) is 0 Å². The monoisotopic (exact) mass is 296 g/mol. The van der Waals surface area contributed by atoms with Crippen LogP contribution in [0.25, 0.3) is 0 Å². The van der Waals surface area contributed by atoms with E-state index in [1.165, 1.54) is 7.11 Å². The molecule has 1 spiro atoms. The van der Waals surface area contributed by atoms with Gasteiger partial charge in [-0.2, -0.15) is 0 Å². The van der Waals surface area contributed by atoms with E-state index in [0.717, 1.165) is 31.2 Å². The van der Waals surface area contributed by atoms with Crippen molar-refractivity contribution >= 4 is 17.6 Å². The smallest absolute Gasteiger partial charge is 0.338 e. The first-order valence-corrected chi connectivity index (χ1v) is 7.20. The van der Waals surface area contributed by atoms with Gasteiger partial charge >= 0.3 is 5.97 Å². The number of halogens is 1. The van der Waals surface area contributed by atoms with E-state index in [4.69, 9.17) is 25.8 Å².